The van der Waals surface area contributed by atoms with Gasteiger partial charge in [0.15, 0.2) is 0 Å². The maximum absolute atomic E-state index is 11.9. The van der Waals surface area contributed by atoms with E-state index in [1.54, 1.807) is 0 Å². The van der Waals surface area contributed by atoms with Crippen LogP contribution < -0.4 is 11.1 Å². The second-order valence-electron chi connectivity index (χ2n) is 4.62. The molecule has 1 fully saturated rings. The van der Waals surface area contributed by atoms with E-state index in [0.717, 1.165) is 25.7 Å². The summed E-state index contributed by atoms with van der Waals surface area (Å²) < 4.78 is 35.6. The van der Waals surface area contributed by atoms with Gasteiger partial charge in [-0.25, -0.2) is 0 Å². The van der Waals surface area contributed by atoms with E-state index in [4.69, 9.17) is 5.73 Å². The highest BCUT2D eigenvalue weighted by Crippen LogP contribution is 2.23. The number of nitrogens with one attached hydrogen (secondary N) is 1. The van der Waals surface area contributed by atoms with Gasteiger partial charge in [-0.1, -0.05) is 0 Å². The third-order valence-electron chi connectivity index (χ3n) is 3.08. The Kier molecular flexibility index (Phi) is 5.24. The van der Waals surface area contributed by atoms with Crippen LogP contribution >= 0.6 is 0 Å². The molecule has 0 atom stereocenters. The monoisotopic (exact) mass is 252 g/mol. The van der Waals surface area contributed by atoms with E-state index in [1.807, 2.05) is 0 Å². The van der Waals surface area contributed by atoms with Crippen LogP contribution in [0.25, 0.3) is 0 Å². The van der Waals surface area contributed by atoms with Crippen LogP contribution in [-0.2, 0) is 4.79 Å². The lowest BCUT2D eigenvalue weighted by atomic mass is 9.86. The second kappa shape index (κ2) is 6.23. The molecule has 1 aliphatic rings. The molecule has 0 saturated heterocycles. The molecular weight excluding hydrogens is 233 g/mol. The minimum absolute atomic E-state index is 0.0541. The lowest BCUT2D eigenvalue weighted by Crippen LogP contribution is -2.36. The molecule has 1 aliphatic carbocycles. The summed E-state index contributed by atoms with van der Waals surface area (Å²) in [7, 11) is 0. The fourth-order valence-corrected chi connectivity index (χ4v) is 2.03. The minimum atomic E-state index is -4.14. The van der Waals surface area contributed by atoms with Gasteiger partial charge in [0.2, 0.25) is 5.91 Å². The van der Waals surface area contributed by atoms with E-state index in [0.29, 0.717) is 0 Å². The van der Waals surface area contributed by atoms with Crippen LogP contribution in [0.1, 0.15) is 38.5 Å². The van der Waals surface area contributed by atoms with Crippen molar-refractivity contribution in [2.24, 2.45) is 11.7 Å². The van der Waals surface area contributed by atoms with Crippen LogP contribution in [-0.4, -0.2) is 24.7 Å². The molecule has 0 heterocycles. The molecule has 100 valence electrons. The second-order valence-corrected chi connectivity index (χ2v) is 4.62. The molecule has 1 amide bonds. The molecule has 0 bridgehead atoms. The quantitative estimate of drug-likeness (QED) is 0.751. The number of nitrogens with two attached hydrogens (primary N) is 1. The molecule has 0 unspecified atom stereocenters. The zero-order chi connectivity index (χ0) is 12.9. The van der Waals surface area contributed by atoms with Crippen molar-refractivity contribution in [1.29, 1.82) is 0 Å². The minimum Gasteiger partial charge on any atom is -0.356 e. The Morgan fingerprint density at radius 3 is 2.35 bits per heavy atom. The number of halogens is 3. The Labute approximate surface area is 98.9 Å². The topological polar surface area (TPSA) is 55.1 Å². The number of carbonyl (C=O) groups is 1. The number of hydrogen-bond acceptors (Lipinski definition) is 2. The van der Waals surface area contributed by atoms with E-state index < -0.39 is 12.6 Å². The first-order valence-corrected chi connectivity index (χ1v) is 5.98. The number of carbonyl (C=O) groups excluding carboxylic acids is 1. The Morgan fingerprint density at radius 2 is 1.82 bits per heavy atom. The zero-order valence-electron chi connectivity index (χ0n) is 9.72. The van der Waals surface area contributed by atoms with Gasteiger partial charge in [0.05, 0.1) is 0 Å². The van der Waals surface area contributed by atoms with Crippen molar-refractivity contribution >= 4 is 5.91 Å². The summed E-state index contributed by atoms with van der Waals surface area (Å²) >= 11 is 0. The average Bonchev–Trinajstić information content (AvgIpc) is 2.24. The molecule has 0 aromatic carbocycles. The molecule has 0 radical (unpaired) electrons. The normalized spacial score (nSPS) is 25.6. The summed E-state index contributed by atoms with van der Waals surface area (Å²) in [5.41, 5.74) is 5.71. The van der Waals surface area contributed by atoms with Crippen molar-refractivity contribution in [2.75, 3.05) is 6.54 Å². The Morgan fingerprint density at radius 1 is 1.24 bits per heavy atom. The summed E-state index contributed by atoms with van der Waals surface area (Å²) in [6.07, 6.45) is -1.91. The molecule has 1 rings (SSSR count). The van der Waals surface area contributed by atoms with Crippen molar-refractivity contribution < 1.29 is 18.0 Å². The maximum atomic E-state index is 11.9. The van der Waals surface area contributed by atoms with Gasteiger partial charge in [0, 0.05) is 24.9 Å². The lowest BCUT2D eigenvalue weighted by Gasteiger charge is -2.25. The van der Waals surface area contributed by atoms with Crippen LogP contribution in [0.3, 0.4) is 0 Å². The molecule has 6 heteroatoms. The van der Waals surface area contributed by atoms with Gasteiger partial charge in [-0.05, 0) is 32.1 Å². The van der Waals surface area contributed by atoms with Crippen molar-refractivity contribution in [3.8, 4) is 0 Å². The van der Waals surface area contributed by atoms with Gasteiger partial charge >= 0.3 is 6.18 Å². The molecule has 17 heavy (non-hydrogen) atoms. The molecular formula is C11H19F3N2O. The number of hydrogen-bond donors (Lipinski definition) is 2. The van der Waals surface area contributed by atoms with Crippen LogP contribution in [0.4, 0.5) is 13.2 Å². The predicted molar refractivity (Wildman–Crippen MR) is 58.2 cm³/mol. The van der Waals surface area contributed by atoms with Crippen LogP contribution in [0.2, 0.25) is 0 Å². The van der Waals surface area contributed by atoms with Gasteiger partial charge in [-0.2, -0.15) is 13.2 Å². The number of rotatable bonds is 4. The first-order valence-electron chi connectivity index (χ1n) is 5.98. The third kappa shape index (κ3) is 5.91. The third-order valence-corrected chi connectivity index (χ3v) is 3.08. The van der Waals surface area contributed by atoms with E-state index in [2.05, 4.69) is 5.32 Å². The number of alkyl halides is 3. The van der Waals surface area contributed by atoms with Gasteiger partial charge in [0.1, 0.15) is 0 Å². The van der Waals surface area contributed by atoms with Crippen LogP contribution in [0, 0.1) is 5.92 Å². The molecule has 3 N–H and O–H groups in total. The van der Waals surface area contributed by atoms with E-state index in [1.165, 1.54) is 0 Å². The summed E-state index contributed by atoms with van der Waals surface area (Å²) in [4.78, 5) is 11.6. The fraction of sp³-hybridized carbons (Fsp3) is 0.909. The van der Waals surface area contributed by atoms with Crippen molar-refractivity contribution in [2.45, 2.75) is 50.7 Å². The zero-order valence-corrected chi connectivity index (χ0v) is 9.72. The largest absolute Gasteiger partial charge is 0.389 e. The Hall–Kier alpha value is -0.780. The molecule has 0 aliphatic heterocycles. The molecule has 0 aromatic rings. The van der Waals surface area contributed by atoms with Gasteiger partial charge in [-0.15, -0.1) is 0 Å². The van der Waals surface area contributed by atoms with Crippen molar-refractivity contribution in [1.82, 2.24) is 5.32 Å². The highest BCUT2D eigenvalue weighted by molar-refractivity contribution is 5.78. The smallest absolute Gasteiger partial charge is 0.356 e. The first-order chi connectivity index (χ1) is 7.88. The van der Waals surface area contributed by atoms with Gasteiger partial charge < -0.3 is 11.1 Å². The van der Waals surface area contributed by atoms with Crippen molar-refractivity contribution in [3.63, 3.8) is 0 Å². The van der Waals surface area contributed by atoms with E-state index >= 15 is 0 Å². The van der Waals surface area contributed by atoms with Gasteiger partial charge in [-0.3, -0.25) is 4.79 Å². The summed E-state index contributed by atoms with van der Waals surface area (Å²) in [6.45, 7) is 0.0981. The SMILES string of the molecule is NC1CCC(C(=O)NCCCC(F)(F)F)CC1. The molecule has 0 aromatic heterocycles. The highest BCUT2D eigenvalue weighted by Gasteiger charge is 2.27. The van der Waals surface area contributed by atoms with Crippen LogP contribution in [0.15, 0.2) is 0 Å². The van der Waals surface area contributed by atoms with E-state index in [-0.39, 0.29) is 30.8 Å². The Bertz CT molecular complexity index is 248. The Balaban J connectivity index is 2.13. The predicted octanol–water partition coefficient (Wildman–Crippen LogP) is 1.96. The summed E-state index contributed by atoms with van der Waals surface area (Å²) in [6, 6.07) is 0.171. The molecule has 3 nitrogen and oxygen atoms in total. The van der Waals surface area contributed by atoms with E-state index in [9.17, 15) is 18.0 Å². The first kappa shape index (κ1) is 14.3. The highest BCUT2D eigenvalue weighted by atomic mass is 19.4. The summed E-state index contributed by atoms with van der Waals surface area (Å²) in [5, 5.41) is 2.56. The van der Waals surface area contributed by atoms with Crippen molar-refractivity contribution in [3.05, 3.63) is 0 Å². The van der Waals surface area contributed by atoms with Crippen LogP contribution in [0.5, 0.6) is 0 Å². The standard InChI is InChI=1S/C11H19F3N2O/c12-11(13,14)6-1-7-16-10(17)8-2-4-9(15)5-3-8/h8-9H,1-7,15H2,(H,16,17). The summed E-state index contributed by atoms with van der Waals surface area (Å²) in [5.74, 6) is -0.195. The maximum Gasteiger partial charge on any atom is 0.389 e. The fourth-order valence-electron chi connectivity index (χ4n) is 2.03. The lowest BCUT2D eigenvalue weighted by molar-refractivity contribution is -0.136. The van der Waals surface area contributed by atoms with Gasteiger partial charge in [0.25, 0.3) is 0 Å². The number of amides is 1. The average molecular weight is 252 g/mol. The molecule has 0 spiro atoms. The molecule has 1 saturated carbocycles.